The topological polar surface area (TPSA) is 94.7 Å². The Morgan fingerprint density at radius 1 is 0.880 bits per heavy atom. The van der Waals surface area contributed by atoms with E-state index in [1.54, 1.807) is 6.07 Å². The molecule has 6 nitrogen and oxygen atoms in total. The first kappa shape index (κ1) is 19.6. The second kappa shape index (κ2) is 7.23. The maximum atomic E-state index is 12.8. The van der Waals surface area contributed by atoms with Crippen LogP contribution in [0.1, 0.15) is 0 Å². The third-order valence-electron chi connectivity index (χ3n) is 2.66. The van der Waals surface area contributed by atoms with Crippen LogP contribution in [0.2, 0.25) is 0 Å². The van der Waals surface area contributed by atoms with Crippen LogP contribution in [0, 0.1) is 0 Å². The van der Waals surface area contributed by atoms with Crippen molar-refractivity contribution in [2.24, 2.45) is 3.77 Å². The fraction of sp³-hybridized carbons (Fsp3) is 0.0769. The number of hydrogen-bond acceptors (Lipinski definition) is 4. The monoisotopic (exact) mass is 411 g/mol. The molecule has 0 saturated carbocycles. The molecule has 2 unspecified atom stereocenters. The lowest BCUT2D eigenvalue weighted by atomic mass is 10.4. The minimum Gasteiger partial charge on any atom is -0.472 e. The summed E-state index contributed by atoms with van der Waals surface area (Å²) in [5.41, 5.74) is -5.76. The maximum absolute atomic E-state index is 12.8. The molecule has 136 valence electrons. The van der Waals surface area contributed by atoms with E-state index in [4.69, 9.17) is 0 Å². The lowest BCUT2D eigenvalue weighted by molar-refractivity contribution is -0.0434. The van der Waals surface area contributed by atoms with Crippen LogP contribution in [-0.4, -0.2) is 22.3 Å². The summed E-state index contributed by atoms with van der Waals surface area (Å²) in [5, 5.41) is 0. The standard InChI is InChI=1S/C13H10F3N2O4S3/c14-13(15,16)25(21,22)18-24(20,12-9-5-2-6-10-12)17-23(19)11-7-3-1-4-8-11/h1-10H/q-1. The number of hydrogen-bond donors (Lipinski definition) is 0. The number of benzene rings is 2. The van der Waals surface area contributed by atoms with Gasteiger partial charge >= 0.3 is 15.5 Å². The molecule has 0 N–H and O–H groups in total. The van der Waals surface area contributed by atoms with E-state index in [1.165, 1.54) is 42.5 Å². The molecule has 0 aliphatic heterocycles. The average molecular weight is 411 g/mol. The molecule has 2 aromatic carbocycles. The van der Waals surface area contributed by atoms with Gasteiger partial charge in [-0.2, -0.15) is 21.6 Å². The third kappa shape index (κ3) is 4.66. The normalized spacial score (nSPS) is 16.0. The molecule has 0 aliphatic carbocycles. The predicted octanol–water partition coefficient (Wildman–Crippen LogP) is 3.37. The minimum atomic E-state index is -6.11. The summed E-state index contributed by atoms with van der Waals surface area (Å²) in [5.74, 6) is 0. The Balaban J connectivity index is 2.59. The Hall–Kier alpha value is -1.76. The van der Waals surface area contributed by atoms with Crippen molar-refractivity contribution in [1.29, 1.82) is 0 Å². The van der Waals surface area contributed by atoms with Crippen molar-refractivity contribution >= 4 is 30.9 Å². The van der Waals surface area contributed by atoms with Gasteiger partial charge in [-0.05, 0) is 35.3 Å². The lowest BCUT2D eigenvalue weighted by Gasteiger charge is -2.24. The van der Waals surface area contributed by atoms with Crippen LogP contribution in [-0.2, 0) is 30.9 Å². The van der Waals surface area contributed by atoms with Gasteiger partial charge in [-0.25, -0.2) is 0 Å². The number of nitrogens with zero attached hydrogens (tertiary/aromatic N) is 2. The summed E-state index contributed by atoms with van der Waals surface area (Å²) in [7, 11) is -13.0. The highest BCUT2D eigenvalue weighted by atomic mass is 32.3. The predicted molar refractivity (Wildman–Crippen MR) is 86.5 cm³/mol. The quantitative estimate of drug-likeness (QED) is 0.754. The Kier molecular flexibility index (Phi) is 5.66. The van der Waals surface area contributed by atoms with Crippen molar-refractivity contribution in [3.05, 3.63) is 64.8 Å². The first-order valence-electron chi connectivity index (χ1n) is 6.40. The molecule has 0 amide bonds. The number of halogens is 3. The van der Waals surface area contributed by atoms with Crippen molar-refractivity contribution in [3.63, 3.8) is 0 Å². The summed E-state index contributed by atoms with van der Waals surface area (Å²) in [4.78, 5) is -0.377. The third-order valence-corrected chi connectivity index (χ3v) is 7.75. The molecular weight excluding hydrogens is 401 g/mol. The van der Waals surface area contributed by atoms with Gasteiger partial charge in [-0.1, -0.05) is 36.4 Å². The van der Waals surface area contributed by atoms with Gasteiger partial charge in [0.2, 0.25) is 0 Å². The van der Waals surface area contributed by atoms with Crippen LogP contribution in [0.4, 0.5) is 13.2 Å². The van der Waals surface area contributed by atoms with Crippen LogP contribution in [0.5, 0.6) is 0 Å². The van der Waals surface area contributed by atoms with Crippen LogP contribution in [0.15, 0.2) is 74.2 Å². The molecule has 0 aliphatic rings. The lowest BCUT2D eigenvalue weighted by Crippen LogP contribution is -2.22. The van der Waals surface area contributed by atoms with Crippen LogP contribution in [0.25, 0.3) is 4.13 Å². The van der Waals surface area contributed by atoms with Crippen molar-refractivity contribution in [2.75, 3.05) is 0 Å². The zero-order valence-corrected chi connectivity index (χ0v) is 14.6. The molecule has 0 fully saturated rings. The highest BCUT2D eigenvalue weighted by Crippen LogP contribution is 2.31. The van der Waals surface area contributed by atoms with E-state index < -0.39 is 41.3 Å². The van der Waals surface area contributed by atoms with Crippen LogP contribution >= 0.6 is 0 Å². The van der Waals surface area contributed by atoms with Gasteiger partial charge in [0.15, 0.2) is 0 Å². The molecule has 25 heavy (non-hydrogen) atoms. The van der Waals surface area contributed by atoms with Gasteiger partial charge in [-0.15, -0.1) is 3.77 Å². The molecular formula is C13H10F3N2O4S3-. The van der Waals surface area contributed by atoms with Gasteiger partial charge in [0.05, 0.1) is 0 Å². The van der Waals surface area contributed by atoms with E-state index in [2.05, 4.69) is 7.90 Å². The molecule has 0 heterocycles. The minimum absolute atomic E-state index is 0.0331. The number of sulfonamides is 1. The van der Waals surface area contributed by atoms with E-state index in [0.29, 0.717) is 0 Å². The molecule has 2 atom stereocenters. The second-order valence-corrected chi connectivity index (χ2v) is 9.48. The Bertz CT molecular complexity index is 984. The summed E-state index contributed by atoms with van der Waals surface area (Å²) in [6, 6.07) is 13.5. The van der Waals surface area contributed by atoms with Crippen molar-refractivity contribution in [2.45, 2.75) is 15.3 Å². The Morgan fingerprint density at radius 3 is 1.84 bits per heavy atom. The van der Waals surface area contributed by atoms with E-state index in [-0.39, 0.29) is 4.90 Å². The van der Waals surface area contributed by atoms with E-state index in [0.717, 1.165) is 12.1 Å². The van der Waals surface area contributed by atoms with E-state index >= 15 is 0 Å². The fourth-order valence-electron chi connectivity index (χ4n) is 1.54. The fourth-order valence-corrected chi connectivity index (χ4v) is 5.97. The van der Waals surface area contributed by atoms with Gasteiger partial charge in [-0.3, -0.25) is 8.42 Å². The maximum Gasteiger partial charge on any atom is 0.519 e. The molecule has 2 rings (SSSR count). The van der Waals surface area contributed by atoms with E-state index in [1.807, 2.05) is 0 Å². The smallest absolute Gasteiger partial charge is 0.472 e. The molecule has 0 aromatic heterocycles. The molecule has 12 heteroatoms. The summed E-state index contributed by atoms with van der Waals surface area (Å²) < 4.78 is 91.3. The van der Waals surface area contributed by atoms with Gasteiger partial charge in [0.1, 0.15) is 0 Å². The summed E-state index contributed by atoms with van der Waals surface area (Å²) >= 11 is 0. The first-order valence-corrected chi connectivity index (χ1v) is 10.4. The molecule has 2 aromatic rings. The summed E-state index contributed by atoms with van der Waals surface area (Å²) in [6.07, 6.45) is 0. The van der Waals surface area contributed by atoms with Crippen molar-refractivity contribution < 1.29 is 30.0 Å². The molecule has 0 bridgehead atoms. The highest BCUT2D eigenvalue weighted by Gasteiger charge is 2.46. The van der Waals surface area contributed by atoms with Gasteiger partial charge in [0.25, 0.3) is 0 Å². The molecule has 0 saturated heterocycles. The summed E-state index contributed by atoms with van der Waals surface area (Å²) in [6.45, 7) is 0. The second-order valence-electron chi connectivity index (χ2n) is 4.44. The first-order chi connectivity index (χ1) is 11.6. The zero-order chi connectivity index (χ0) is 18.7. The number of rotatable bonds is 5. The van der Waals surface area contributed by atoms with Crippen LogP contribution in [0.3, 0.4) is 0 Å². The molecule has 0 radical (unpaired) electrons. The highest BCUT2D eigenvalue weighted by molar-refractivity contribution is 8.14. The molecule has 0 spiro atoms. The Labute approximate surface area is 145 Å². The van der Waals surface area contributed by atoms with Crippen molar-refractivity contribution in [3.8, 4) is 0 Å². The van der Waals surface area contributed by atoms with Crippen molar-refractivity contribution in [1.82, 2.24) is 0 Å². The van der Waals surface area contributed by atoms with E-state index in [9.17, 15) is 30.0 Å². The van der Waals surface area contributed by atoms with Crippen LogP contribution < -0.4 is 0 Å². The van der Waals surface area contributed by atoms with Gasteiger partial charge in [0, 0.05) is 19.7 Å². The average Bonchev–Trinajstić information content (AvgIpc) is 2.55. The number of alkyl halides is 3. The SMILES string of the molecule is O=S([N-]S(=O)(=NS(=O)(=O)C(F)(F)F)c1ccccc1)c1ccccc1. The Morgan fingerprint density at radius 2 is 1.36 bits per heavy atom. The van der Waals surface area contributed by atoms with Gasteiger partial charge < -0.3 is 4.13 Å². The largest absolute Gasteiger partial charge is 0.519 e. The zero-order valence-electron chi connectivity index (χ0n) is 12.2.